The molecule has 1 saturated carbocycles. The quantitative estimate of drug-likeness (QED) is 0.460. The van der Waals surface area contributed by atoms with Crippen LogP contribution >= 0.6 is 0 Å². The third-order valence-electron chi connectivity index (χ3n) is 4.96. The number of oxime groups is 1. The molecule has 4 nitrogen and oxygen atoms in total. The topological polar surface area (TPSA) is 58.9 Å². The minimum Gasteiger partial charge on any atom is -0.511 e. The fourth-order valence-corrected chi connectivity index (χ4v) is 3.80. The number of aliphatic hydroxyl groups excluding tert-OH is 1. The summed E-state index contributed by atoms with van der Waals surface area (Å²) in [6.45, 7) is 4.26. The number of aliphatic hydroxyl groups is 1. The van der Waals surface area contributed by atoms with E-state index in [2.05, 4.69) is 5.16 Å². The van der Waals surface area contributed by atoms with Crippen molar-refractivity contribution in [1.82, 2.24) is 0 Å². The van der Waals surface area contributed by atoms with Gasteiger partial charge in [-0.3, -0.25) is 4.79 Å². The number of ketones is 1. The first-order valence-electron chi connectivity index (χ1n) is 8.81. The maximum atomic E-state index is 12.6. The summed E-state index contributed by atoms with van der Waals surface area (Å²) >= 11 is 0. The van der Waals surface area contributed by atoms with Crippen molar-refractivity contribution >= 4 is 11.5 Å². The van der Waals surface area contributed by atoms with E-state index in [0.717, 1.165) is 0 Å². The van der Waals surface area contributed by atoms with Crippen molar-refractivity contribution in [2.24, 2.45) is 17.0 Å². The minimum absolute atomic E-state index is 0.0401. The Hall–Kier alpha value is -1.32. The van der Waals surface area contributed by atoms with Gasteiger partial charge in [0, 0.05) is 12.8 Å². The molecular formula is C18H29NO3. The van der Waals surface area contributed by atoms with Gasteiger partial charge >= 0.3 is 0 Å². The predicted molar refractivity (Wildman–Crippen MR) is 87.9 cm³/mol. The SMILES string of the molecule is CCO/N=C(/CC)C1=C(O)CC(C2CCCCCC2)CC1=O. The number of allylic oxidation sites excluding steroid dienone is 2. The molecule has 0 saturated heterocycles. The van der Waals surface area contributed by atoms with Crippen LogP contribution in [0.1, 0.15) is 71.6 Å². The molecule has 0 radical (unpaired) electrons. The van der Waals surface area contributed by atoms with Crippen LogP contribution < -0.4 is 0 Å². The maximum Gasteiger partial charge on any atom is 0.168 e. The van der Waals surface area contributed by atoms with Crippen LogP contribution in [0, 0.1) is 11.8 Å². The van der Waals surface area contributed by atoms with Crippen molar-refractivity contribution in [2.75, 3.05) is 6.61 Å². The molecule has 0 amide bonds. The largest absolute Gasteiger partial charge is 0.511 e. The van der Waals surface area contributed by atoms with E-state index < -0.39 is 0 Å². The Morgan fingerprint density at radius 1 is 1.14 bits per heavy atom. The zero-order chi connectivity index (χ0) is 15.9. The molecule has 1 unspecified atom stereocenters. The van der Waals surface area contributed by atoms with Crippen LogP contribution in [-0.2, 0) is 9.63 Å². The van der Waals surface area contributed by atoms with Gasteiger partial charge in [-0.15, -0.1) is 0 Å². The number of nitrogens with zero attached hydrogens (tertiary/aromatic N) is 1. The van der Waals surface area contributed by atoms with Crippen LogP contribution in [0.15, 0.2) is 16.5 Å². The Morgan fingerprint density at radius 2 is 1.82 bits per heavy atom. The van der Waals surface area contributed by atoms with Gasteiger partial charge in [-0.1, -0.05) is 50.6 Å². The van der Waals surface area contributed by atoms with E-state index in [-0.39, 0.29) is 11.5 Å². The highest BCUT2D eigenvalue weighted by Gasteiger charge is 2.34. The second-order valence-electron chi connectivity index (χ2n) is 6.47. The van der Waals surface area contributed by atoms with Gasteiger partial charge in [0.05, 0.1) is 11.3 Å². The monoisotopic (exact) mass is 307 g/mol. The lowest BCUT2D eigenvalue weighted by atomic mass is 9.75. The van der Waals surface area contributed by atoms with E-state index >= 15 is 0 Å². The smallest absolute Gasteiger partial charge is 0.168 e. The van der Waals surface area contributed by atoms with Gasteiger partial charge < -0.3 is 9.94 Å². The van der Waals surface area contributed by atoms with E-state index in [1.54, 1.807) is 0 Å². The molecule has 0 aliphatic heterocycles. The fraction of sp³-hybridized carbons (Fsp3) is 0.778. The van der Waals surface area contributed by atoms with E-state index in [0.29, 0.717) is 49.0 Å². The summed E-state index contributed by atoms with van der Waals surface area (Å²) in [4.78, 5) is 17.6. The lowest BCUT2D eigenvalue weighted by molar-refractivity contribution is -0.117. The number of hydrogen-bond donors (Lipinski definition) is 1. The van der Waals surface area contributed by atoms with Gasteiger partial charge in [-0.05, 0) is 25.2 Å². The highest BCUT2D eigenvalue weighted by Crippen LogP contribution is 2.38. The summed E-state index contributed by atoms with van der Waals surface area (Å²) in [5, 5.41) is 14.4. The third kappa shape index (κ3) is 4.11. The normalized spacial score (nSPS) is 25.3. The molecule has 0 spiro atoms. The Balaban J connectivity index is 2.13. The molecule has 1 N–H and O–H groups in total. The lowest BCUT2D eigenvalue weighted by Gasteiger charge is -2.30. The number of Topliss-reactive ketones (excluding diaryl/α,β-unsaturated/α-hetero) is 1. The average molecular weight is 307 g/mol. The summed E-state index contributed by atoms with van der Waals surface area (Å²) in [6, 6.07) is 0. The predicted octanol–water partition coefficient (Wildman–Crippen LogP) is 4.55. The molecule has 0 bridgehead atoms. The first-order valence-corrected chi connectivity index (χ1v) is 8.81. The molecule has 4 heteroatoms. The van der Waals surface area contributed by atoms with Crippen molar-refractivity contribution in [2.45, 2.75) is 71.6 Å². The van der Waals surface area contributed by atoms with Gasteiger partial charge in [0.15, 0.2) is 5.78 Å². The number of carbonyl (C=O) groups is 1. The van der Waals surface area contributed by atoms with Crippen molar-refractivity contribution < 1.29 is 14.7 Å². The average Bonchev–Trinajstić information content (AvgIpc) is 2.79. The van der Waals surface area contributed by atoms with E-state index in [9.17, 15) is 9.90 Å². The Bertz CT molecular complexity index is 445. The van der Waals surface area contributed by atoms with Gasteiger partial charge in [0.2, 0.25) is 0 Å². The van der Waals surface area contributed by atoms with Crippen LogP contribution in [0.4, 0.5) is 0 Å². The Labute approximate surface area is 133 Å². The first kappa shape index (κ1) is 17.0. The van der Waals surface area contributed by atoms with Crippen molar-refractivity contribution in [1.29, 1.82) is 0 Å². The van der Waals surface area contributed by atoms with Crippen LogP contribution in [0.25, 0.3) is 0 Å². The Kier molecular flexibility index (Phi) is 6.47. The molecule has 2 rings (SSSR count). The number of hydrogen-bond acceptors (Lipinski definition) is 4. The molecule has 2 aliphatic carbocycles. The molecule has 1 atom stereocenters. The number of rotatable bonds is 5. The van der Waals surface area contributed by atoms with Gasteiger partial charge in [0.1, 0.15) is 12.4 Å². The molecular weight excluding hydrogens is 278 g/mol. The van der Waals surface area contributed by atoms with Gasteiger partial charge in [-0.2, -0.15) is 0 Å². The molecule has 2 aliphatic rings. The van der Waals surface area contributed by atoms with Crippen molar-refractivity contribution in [3.05, 3.63) is 11.3 Å². The highest BCUT2D eigenvalue weighted by atomic mass is 16.6. The minimum atomic E-state index is 0.0401. The second kappa shape index (κ2) is 8.35. The molecule has 1 fully saturated rings. The summed E-state index contributed by atoms with van der Waals surface area (Å²) < 4.78 is 0. The second-order valence-corrected chi connectivity index (χ2v) is 6.47. The van der Waals surface area contributed by atoms with E-state index in [1.807, 2.05) is 13.8 Å². The molecule has 0 heterocycles. The standard InChI is InChI=1S/C18H29NO3/c1-3-15(19-22-4-2)18-16(20)11-14(12-17(18)21)13-9-7-5-6-8-10-13/h13-14,20H,3-12H2,1-2H3/b19-15-. The molecule has 22 heavy (non-hydrogen) atoms. The fourth-order valence-electron chi connectivity index (χ4n) is 3.80. The zero-order valence-corrected chi connectivity index (χ0v) is 13.9. The number of carbonyl (C=O) groups excluding carboxylic acids is 1. The van der Waals surface area contributed by atoms with Crippen LogP contribution in [0.2, 0.25) is 0 Å². The molecule has 124 valence electrons. The highest BCUT2D eigenvalue weighted by molar-refractivity contribution is 6.22. The maximum absolute atomic E-state index is 12.6. The summed E-state index contributed by atoms with van der Waals surface area (Å²) in [6.07, 6.45) is 9.32. The zero-order valence-electron chi connectivity index (χ0n) is 13.9. The van der Waals surface area contributed by atoms with Crippen molar-refractivity contribution in [3.8, 4) is 0 Å². The molecule has 0 aromatic heterocycles. The van der Waals surface area contributed by atoms with Crippen LogP contribution in [-0.4, -0.2) is 23.2 Å². The van der Waals surface area contributed by atoms with Crippen LogP contribution in [0.3, 0.4) is 0 Å². The van der Waals surface area contributed by atoms with Gasteiger partial charge in [0.25, 0.3) is 0 Å². The summed E-state index contributed by atoms with van der Waals surface area (Å²) in [7, 11) is 0. The summed E-state index contributed by atoms with van der Waals surface area (Å²) in [5.41, 5.74) is 1.00. The van der Waals surface area contributed by atoms with E-state index in [1.165, 1.54) is 38.5 Å². The summed E-state index contributed by atoms with van der Waals surface area (Å²) in [5.74, 6) is 1.16. The van der Waals surface area contributed by atoms with Gasteiger partial charge in [-0.25, -0.2) is 0 Å². The Morgan fingerprint density at radius 3 is 2.36 bits per heavy atom. The third-order valence-corrected chi connectivity index (χ3v) is 4.96. The van der Waals surface area contributed by atoms with Crippen LogP contribution in [0.5, 0.6) is 0 Å². The lowest BCUT2D eigenvalue weighted by Crippen LogP contribution is -2.28. The molecule has 0 aromatic carbocycles. The van der Waals surface area contributed by atoms with E-state index in [4.69, 9.17) is 4.84 Å². The molecule has 0 aromatic rings. The van der Waals surface area contributed by atoms with Crippen molar-refractivity contribution in [3.63, 3.8) is 0 Å². The first-order chi connectivity index (χ1) is 10.7.